The first-order valence-corrected chi connectivity index (χ1v) is 9.21. The molecule has 0 saturated carbocycles. The summed E-state index contributed by atoms with van der Waals surface area (Å²) in [5.74, 6) is -0.119. The lowest BCUT2D eigenvalue weighted by molar-refractivity contribution is 0.0474. The number of esters is 1. The molecular weight excluding hydrogens is 400 g/mol. The van der Waals surface area contributed by atoms with Crippen LogP contribution in [0.15, 0.2) is 53.0 Å². The predicted molar refractivity (Wildman–Crippen MR) is 99.7 cm³/mol. The highest BCUT2D eigenvalue weighted by atomic mass is 79.9. The fourth-order valence-electron chi connectivity index (χ4n) is 2.59. The Bertz CT molecular complexity index is 749. The quantitative estimate of drug-likeness (QED) is 0.501. The van der Waals surface area contributed by atoms with Crippen LogP contribution >= 0.6 is 15.9 Å². The second-order valence-electron chi connectivity index (χ2n) is 5.98. The van der Waals surface area contributed by atoms with Crippen LogP contribution < -0.4 is 4.74 Å². The van der Waals surface area contributed by atoms with E-state index in [1.807, 2.05) is 0 Å². The third-order valence-corrected chi connectivity index (χ3v) is 4.58. The van der Waals surface area contributed by atoms with Gasteiger partial charge >= 0.3 is 5.97 Å². The molecule has 6 heteroatoms. The van der Waals surface area contributed by atoms with Gasteiger partial charge < -0.3 is 14.2 Å². The fraction of sp³-hybridized carbons (Fsp3) is 0.300. The predicted octanol–water partition coefficient (Wildman–Crippen LogP) is 4.05. The maximum absolute atomic E-state index is 12.1. The summed E-state index contributed by atoms with van der Waals surface area (Å²) >= 11 is 3.31. The minimum absolute atomic E-state index is 0.143. The van der Waals surface area contributed by atoms with Crippen molar-refractivity contribution in [3.05, 3.63) is 64.1 Å². The molecule has 2 aromatic carbocycles. The Kier molecular flexibility index (Phi) is 6.41. The van der Waals surface area contributed by atoms with Crippen molar-refractivity contribution >= 4 is 27.7 Å². The average molecular weight is 419 g/mol. The van der Waals surface area contributed by atoms with Crippen LogP contribution in [-0.4, -0.2) is 37.7 Å². The van der Waals surface area contributed by atoms with Crippen LogP contribution in [0, 0.1) is 0 Å². The van der Waals surface area contributed by atoms with Gasteiger partial charge in [0.25, 0.3) is 0 Å². The molecular formula is C20H19BrO5. The van der Waals surface area contributed by atoms with Crippen LogP contribution in [0.25, 0.3) is 0 Å². The molecule has 26 heavy (non-hydrogen) atoms. The third kappa shape index (κ3) is 5.16. The molecule has 136 valence electrons. The second-order valence-corrected chi connectivity index (χ2v) is 6.89. The van der Waals surface area contributed by atoms with E-state index in [9.17, 15) is 9.59 Å². The number of halogens is 1. The first-order valence-electron chi connectivity index (χ1n) is 8.42. The largest absolute Gasteiger partial charge is 0.491 e. The van der Waals surface area contributed by atoms with Crippen molar-refractivity contribution in [2.45, 2.75) is 18.9 Å². The SMILES string of the molecule is O=C(COC(=O)c1ccc(OC[C@H]2CCCO2)cc1)c1ccc(Br)cc1. The van der Waals surface area contributed by atoms with Crippen molar-refractivity contribution in [3.63, 3.8) is 0 Å². The van der Waals surface area contributed by atoms with Crippen molar-refractivity contribution in [2.75, 3.05) is 19.8 Å². The van der Waals surface area contributed by atoms with E-state index >= 15 is 0 Å². The Labute approximate surface area is 160 Å². The summed E-state index contributed by atoms with van der Waals surface area (Å²) in [6, 6.07) is 13.6. The Morgan fingerprint density at radius 2 is 1.73 bits per heavy atom. The zero-order chi connectivity index (χ0) is 18.4. The number of hydrogen-bond donors (Lipinski definition) is 0. The van der Waals surface area contributed by atoms with Crippen LogP contribution in [0.2, 0.25) is 0 Å². The van der Waals surface area contributed by atoms with Gasteiger partial charge in [-0.1, -0.05) is 28.1 Å². The molecule has 0 bridgehead atoms. The zero-order valence-electron chi connectivity index (χ0n) is 14.2. The summed E-state index contributed by atoms with van der Waals surface area (Å²) in [5.41, 5.74) is 0.872. The fourth-order valence-corrected chi connectivity index (χ4v) is 2.85. The molecule has 0 aliphatic carbocycles. The van der Waals surface area contributed by atoms with Gasteiger partial charge in [0.05, 0.1) is 11.7 Å². The highest BCUT2D eigenvalue weighted by Gasteiger charge is 2.16. The van der Waals surface area contributed by atoms with E-state index in [-0.39, 0.29) is 18.5 Å². The highest BCUT2D eigenvalue weighted by molar-refractivity contribution is 9.10. The minimum atomic E-state index is -0.541. The van der Waals surface area contributed by atoms with Crippen LogP contribution in [0.4, 0.5) is 0 Å². The van der Waals surface area contributed by atoms with Crippen LogP contribution in [0.3, 0.4) is 0 Å². The normalized spacial score (nSPS) is 16.3. The van der Waals surface area contributed by atoms with Crippen molar-refractivity contribution in [2.24, 2.45) is 0 Å². The lowest BCUT2D eigenvalue weighted by Gasteiger charge is -2.11. The van der Waals surface area contributed by atoms with Crippen molar-refractivity contribution in [1.82, 2.24) is 0 Å². The van der Waals surface area contributed by atoms with E-state index in [4.69, 9.17) is 14.2 Å². The van der Waals surface area contributed by atoms with E-state index in [1.54, 1.807) is 48.5 Å². The van der Waals surface area contributed by atoms with Gasteiger partial charge in [-0.25, -0.2) is 4.79 Å². The lowest BCUT2D eigenvalue weighted by Crippen LogP contribution is -2.16. The van der Waals surface area contributed by atoms with Gasteiger partial charge in [0.1, 0.15) is 12.4 Å². The van der Waals surface area contributed by atoms with Gasteiger partial charge in [-0.05, 0) is 49.2 Å². The Hall–Kier alpha value is -2.18. The number of carbonyl (C=O) groups excluding carboxylic acids is 2. The highest BCUT2D eigenvalue weighted by Crippen LogP contribution is 2.17. The molecule has 1 fully saturated rings. The van der Waals surface area contributed by atoms with E-state index in [2.05, 4.69) is 15.9 Å². The third-order valence-electron chi connectivity index (χ3n) is 4.05. The molecule has 1 heterocycles. The summed E-state index contributed by atoms with van der Waals surface area (Å²) in [7, 11) is 0. The molecule has 0 N–H and O–H groups in total. The summed E-state index contributed by atoms with van der Waals surface area (Å²) in [6.07, 6.45) is 2.22. The number of hydrogen-bond acceptors (Lipinski definition) is 5. The van der Waals surface area contributed by atoms with E-state index < -0.39 is 5.97 Å². The molecule has 1 aliphatic heterocycles. The lowest BCUT2D eigenvalue weighted by atomic mass is 10.1. The molecule has 5 nitrogen and oxygen atoms in total. The average Bonchev–Trinajstić information content (AvgIpc) is 3.19. The van der Waals surface area contributed by atoms with Crippen LogP contribution in [0.1, 0.15) is 33.6 Å². The molecule has 0 unspecified atom stereocenters. The Morgan fingerprint density at radius 1 is 1.04 bits per heavy atom. The first kappa shape index (κ1) is 18.6. The number of ether oxygens (including phenoxy) is 3. The van der Waals surface area contributed by atoms with Crippen LogP contribution in [-0.2, 0) is 9.47 Å². The van der Waals surface area contributed by atoms with Gasteiger partial charge in [-0.15, -0.1) is 0 Å². The topological polar surface area (TPSA) is 61.8 Å². The molecule has 2 aromatic rings. The summed E-state index contributed by atoms with van der Waals surface area (Å²) < 4.78 is 17.1. The summed E-state index contributed by atoms with van der Waals surface area (Å²) in [4.78, 5) is 24.1. The maximum atomic E-state index is 12.1. The summed E-state index contributed by atoms with van der Waals surface area (Å²) in [5, 5.41) is 0. The van der Waals surface area contributed by atoms with E-state index in [0.29, 0.717) is 23.5 Å². The standard InChI is InChI=1S/C20H19BrO5/c21-16-7-3-14(4-8-16)19(22)13-26-20(23)15-5-9-17(10-6-15)25-12-18-2-1-11-24-18/h3-10,18H,1-2,11-13H2/t18-/m1/s1. The molecule has 0 spiro atoms. The molecule has 0 radical (unpaired) electrons. The maximum Gasteiger partial charge on any atom is 0.338 e. The van der Waals surface area contributed by atoms with Gasteiger partial charge in [0.15, 0.2) is 12.4 Å². The summed E-state index contributed by atoms with van der Waals surface area (Å²) in [6.45, 7) is 1.00. The van der Waals surface area contributed by atoms with Crippen molar-refractivity contribution < 1.29 is 23.8 Å². The van der Waals surface area contributed by atoms with Gasteiger partial charge in [-0.3, -0.25) is 4.79 Å². The van der Waals surface area contributed by atoms with Crippen molar-refractivity contribution in [1.29, 1.82) is 0 Å². The molecule has 1 aliphatic rings. The molecule has 1 atom stereocenters. The van der Waals surface area contributed by atoms with Gasteiger partial charge in [0.2, 0.25) is 0 Å². The number of carbonyl (C=O) groups is 2. The monoisotopic (exact) mass is 418 g/mol. The Balaban J connectivity index is 1.48. The number of Topliss-reactive ketones (excluding diaryl/α,β-unsaturated/α-hetero) is 1. The van der Waals surface area contributed by atoms with Crippen molar-refractivity contribution in [3.8, 4) is 5.75 Å². The number of rotatable bonds is 7. The smallest absolute Gasteiger partial charge is 0.338 e. The Morgan fingerprint density at radius 3 is 2.38 bits per heavy atom. The van der Waals surface area contributed by atoms with Gasteiger partial charge in [-0.2, -0.15) is 0 Å². The molecule has 3 rings (SSSR count). The number of ketones is 1. The van der Waals surface area contributed by atoms with Crippen LogP contribution in [0.5, 0.6) is 5.75 Å². The molecule has 0 amide bonds. The molecule has 1 saturated heterocycles. The van der Waals surface area contributed by atoms with E-state index in [0.717, 1.165) is 23.9 Å². The zero-order valence-corrected chi connectivity index (χ0v) is 15.7. The van der Waals surface area contributed by atoms with Gasteiger partial charge in [0, 0.05) is 16.6 Å². The van der Waals surface area contributed by atoms with E-state index in [1.165, 1.54) is 0 Å². The first-order chi connectivity index (χ1) is 12.6. The minimum Gasteiger partial charge on any atom is -0.491 e. The molecule has 0 aromatic heterocycles. The second kappa shape index (κ2) is 8.96. The number of benzene rings is 2.